The maximum atomic E-state index is 13.1. The molecule has 0 saturated heterocycles. The maximum absolute atomic E-state index is 13.1. The Kier molecular flexibility index (Phi) is 4.57. The van der Waals surface area contributed by atoms with Crippen molar-refractivity contribution in [2.75, 3.05) is 17.7 Å². The number of carbonyl (C=O) groups is 1. The van der Waals surface area contributed by atoms with Gasteiger partial charge in [0, 0.05) is 5.69 Å². The van der Waals surface area contributed by atoms with Crippen LogP contribution in [0.2, 0.25) is 0 Å². The van der Waals surface area contributed by atoms with Crippen molar-refractivity contribution < 1.29 is 13.9 Å². The van der Waals surface area contributed by atoms with Gasteiger partial charge >= 0.3 is 6.03 Å². The van der Waals surface area contributed by atoms with Crippen LogP contribution in [0.4, 0.5) is 20.6 Å². The zero-order valence-corrected chi connectivity index (χ0v) is 12.2. The Morgan fingerprint density at radius 2 is 1.95 bits per heavy atom. The molecule has 0 unspecified atom stereocenters. The normalized spacial score (nSPS) is 9.95. The fourth-order valence-electron chi connectivity index (χ4n) is 1.61. The van der Waals surface area contributed by atoms with Gasteiger partial charge in [-0.2, -0.15) is 0 Å². The van der Waals surface area contributed by atoms with Gasteiger partial charge in [-0.15, -0.1) is 0 Å². The molecule has 2 aromatic carbocycles. The van der Waals surface area contributed by atoms with E-state index < -0.39 is 6.03 Å². The standard InChI is InChI=1S/C14H12BrFN2O2/c1-20-13-5-3-2-4-12(13)18-14(19)17-9-6-7-11(16)10(15)8-9/h2-8H,1H3,(H2,17,18,19). The van der Waals surface area contributed by atoms with Crippen molar-refractivity contribution in [1.82, 2.24) is 0 Å². The predicted molar refractivity (Wildman–Crippen MR) is 79.7 cm³/mol. The van der Waals surface area contributed by atoms with E-state index in [-0.39, 0.29) is 10.3 Å². The lowest BCUT2D eigenvalue weighted by atomic mass is 10.3. The number of carbonyl (C=O) groups excluding carboxylic acids is 1. The van der Waals surface area contributed by atoms with Gasteiger partial charge in [0.25, 0.3) is 0 Å². The van der Waals surface area contributed by atoms with E-state index in [1.54, 1.807) is 24.3 Å². The van der Waals surface area contributed by atoms with Gasteiger partial charge < -0.3 is 15.4 Å². The van der Waals surface area contributed by atoms with Crippen molar-refractivity contribution in [3.8, 4) is 5.75 Å². The Morgan fingerprint density at radius 1 is 1.20 bits per heavy atom. The molecule has 104 valence electrons. The first-order chi connectivity index (χ1) is 9.60. The third-order valence-electron chi connectivity index (χ3n) is 2.53. The molecule has 0 atom stereocenters. The molecule has 6 heteroatoms. The molecular weight excluding hydrogens is 327 g/mol. The Balaban J connectivity index is 2.07. The van der Waals surface area contributed by atoms with Crippen LogP contribution in [0.5, 0.6) is 5.75 Å². The summed E-state index contributed by atoms with van der Waals surface area (Å²) >= 11 is 3.06. The zero-order chi connectivity index (χ0) is 14.5. The predicted octanol–water partition coefficient (Wildman–Crippen LogP) is 4.24. The second kappa shape index (κ2) is 6.38. The molecule has 20 heavy (non-hydrogen) atoms. The SMILES string of the molecule is COc1ccccc1NC(=O)Nc1ccc(F)c(Br)c1. The summed E-state index contributed by atoms with van der Waals surface area (Å²) in [4.78, 5) is 11.9. The summed E-state index contributed by atoms with van der Waals surface area (Å²) < 4.78 is 18.5. The van der Waals surface area contributed by atoms with Gasteiger partial charge in [-0.1, -0.05) is 12.1 Å². The van der Waals surface area contributed by atoms with Crippen LogP contribution in [0.3, 0.4) is 0 Å². The summed E-state index contributed by atoms with van der Waals surface area (Å²) in [5.41, 5.74) is 1.03. The summed E-state index contributed by atoms with van der Waals surface area (Å²) in [6, 6.07) is 10.8. The highest BCUT2D eigenvalue weighted by molar-refractivity contribution is 9.10. The smallest absolute Gasteiger partial charge is 0.323 e. The van der Waals surface area contributed by atoms with Crippen molar-refractivity contribution >= 4 is 33.3 Å². The molecule has 2 N–H and O–H groups in total. The highest BCUT2D eigenvalue weighted by atomic mass is 79.9. The van der Waals surface area contributed by atoms with Gasteiger partial charge in [0.2, 0.25) is 0 Å². The molecule has 0 radical (unpaired) electrons. The molecule has 0 aliphatic heterocycles. The maximum Gasteiger partial charge on any atom is 0.323 e. The first-order valence-corrected chi connectivity index (χ1v) is 6.55. The number of urea groups is 1. The third-order valence-corrected chi connectivity index (χ3v) is 3.14. The molecule has 0 aliphatic rings. The molecule has 0 aromatic heterocycles. The van der Waals surface area contributed by atoms with Crippen molar-refractivity contribution in [2.45, 2.75) is 0 Å². The molecule has 2 rings (SSSR count). The summed E-state index contributed by atoms with van der Waals surface area (Å²) in [6.07, 6.45) is 0. The van der Waals surface area contributed by atoms with Crippen LogP contribution < -0.4 is 15.4 Å². The van der Waals surface area contributed by atoms with E-state index in [2.05, 4.69) is 26.6 Å². The van der Waals surface area contributed by atoms with E-state index in [9.17, 15) is 9.18 Å². The second-order valence-corrected chi connectivity index (χ2v) is 4.76. The number of para-hydroxylation sites is 2. The fraction of sp³-hybridized carbons (Fsp3) is 0.0714. The van der Waals surface area contributed by atoms with Crippen LogP contribution in [-0.4, -0.2) is 13.1 Å². The van der Waals surface area contributed by atoms with Crippen LogP contribution in [0, 0.1) is 5.82 Å². The molecule has 2 aromatic rings. The molecule has 0 fully saturated rings. The molecule has 0 aliphatic carbocycles. The van der Waals surface area contributed by atoms with Crippen molar-refractivity contribution in [3.63, 3.8) is 0 Å². The van der Waals surface area contributed by atoms with E-state index in [1.165, 1.54) is 25.3 Å². The van der Waals surface area contributed by atoms with Crippen molar-refractivity contribution in [2.24, 2.45) is 0 Å². The minimum atomic E-state index is -0.437. The van der Waals surface area contributed by atoms with Crippen LogP contribution in [0.15, 0.2) is 46.9 Å². The number of hydrogen-bond donors (Lipinski definition) is 2. The Labute approximate surface area is 124 Å². The van der Waals surface area contributed by atoms with E-state index in [0.29, 0.717) is 17.1 Å². The van der Waals surface area contributed by atoms with E-state index in [4.69, 9.17) is 4.74 Å². The number of anilines is 2. The third kappa shape index (κ3) is 3.48. The number of nitrogens with one attached hydrogen (secondary N) is 2. The van der Waals surface area contributed by atoms with Crippen LogP contribution >= 0.6 is 15.9 Å². The summed E-state index contributed by atoms with van der Waals surface area (Å²) in [7, 11) is 1.52. The molecule has 0 saturated carbocycles. The number of benzene rings is 2. The molecule has 0 bridgehead atoms. The topological polar surface area (TPSA) is 50.4 Å². The van der Waals surface area contributed by atoms with Gasteiger partial charge in [-0.05, 0) is 46.3 Å². The average Bonchev–Trinajstić information content (AvgIpc) is 2.43. The molecule has 0 spiro atoms. The van der Waals surface area contributed by atoms with E-state index in [0.717, 1.165) is 0 Å². The average molecular weight is 339 g/mol. The number of amides is 2. The van der Waals surface area contributed by atoms with Crippen molar-refractivity contribution in [3.05, 3.63) is 52.8 Å². The van der Waals surface area contributed by atoms with Crippen LogP contribution in [0.1, 0.15) is 0 Å². The molecular formula is C14H12BrFN2O2. The first kappa shape index (κ1) is 14.3. The number of halogens is 2. The first-order valence-electron chi connectivity index (χ1n) is 5.76. The Morgan fingerprint density at radius 3 is 2.65 bits per heavy atom. The van der Waals surface area contributed by atoms with Crippen molar-refractivity contribution in [1.29, 1.82) is 0 Å². The number of methoxy groups -OCH3 is 1. The molecule has 4 nitrogen and oxygen atoms in total. The van der Waals surface area contributed by atoms with Crippen LogP contribution in [0.25, 0.3) is 0 Å². The molecule has 0 heterocycles. The highest BCUT2D eigenvalue weighted by Crippen LogP contribution is 2.24. The highest BCUT2D eigenvalue weighted by Gasteiger charge is 2.08. The number of hydrogen-bond acceptors (Lipinski definition) is 2. The quantitative estimate of drug-likeness (QED) is 0.879. The summed E-state index contributed by atoms with van der Waals surface area (Å²) in [5, 5.41) is 5.27. The lowest BCUT2D eigenvalue weighted by Crippen LogP contribution is -2.19. The largest absolute Gasteiger partial charge is 0.495 e. The van der Waals surface area contributed by atoms with Crippen LogP contribution in [-0.2, 0) is 0 Å². The fourth-order valence-corrected chi connectivity index (χ4v) is 1.99. The van der Waals surface area contributed by atoms with Gasteiger partial charge in [-0.25, -0.2) is 9.18 Å². The van der Waals surface area contributed by atoms with E-state index in [1.807, 2.05) is 0 Å². The Bertz CT molecular complexity index is 634. The van der Waals surface area contributed by atoms with Gasteiger partial charge in [0.05, 0.1) is 17.3 Å². The molecule has 2 amide bonds. The number of rotatable bonds is 3. The zero-order valence-electron chi connectivity index (χ0n) is 10.6. The van der Waals surface area contributed by atoms with Gasteiger partial charge in [-0.3, -0.25) is 0 Å². The lowest BCUT2D eigenvalue weighted by molar-refractivity contribution is 0.262. The number of ether oxygens (including phenoxy) is 1. The lowest BCUT2D eigenvalue weighted by Gasteiger charge is -2.11. The van der Waals surface area contributed by atoms with E-state index >= 15 is 0 Å². The summed E-state index contributed by atoms with van der Waals surface area (Å²) in [5.74, 6) is 0.170. The second-order valence-electron chi connectivity index (χ2n) is 3.91. The Hall–Kier alpha value is -2.08. The summed E-state index contributed by atoms with van der Waals surface area (Å²) in [6.45, 7) is 0. The van der Waals surface area contributed by atoms with Gasteiger partial charge in [0.1, 0.15) is 11.6 Å². The van der Waals surface area contributed by atoms with Gasteiger partial charge in [0.15, 0.2) is 0 Å². The monoisotopic (exact) mass is 338 g/mol. The minimum absolute atomic E-state index is 0.285. The minimum Gasteiger partial charge on any atom is -0.495 e.